The predicted molar refractivity (Wildman–Crippen MR) is 281 cm³/mol. The van der Waals surface area contributed by atoms with Gasteiger partial charge in [-0.1, -0.05) is 166 Å². The largest absolute Gasteiger partial charge is 0.369 e. The topological polar surface area (TPSA) is 321 Å². The molecule has 0 saturated carbocycles. The van der Waals surface area contributed by atoms with Crippen molar-refractivity contribution in [3.05, 3.63) is 0 Å². The summed E-state index contributed by atoms with van der Waals surface area (Å²) >= 11 is 0. The summed E-state index contributed by atoms with van der Waals surface area (Å²) in [6.45, 7) is 49.1. The molecule has 17 N–H and O–H groups in total. The fourth-order valence-electron chi connectivity index (χ4n) is 8.86. The highest BCUT2D eigenvalue weighted by atomic mass is 16.2. The molecule has 0 saturated heterocycles. The lowest BCUT2D eigenvalue weighted by Gasteiger charge is -2.41. The number of carbonyl (C=O) groups excluding carboxylic acids is 6. The first-order valence-corrected chi connectivity index (χ1v) is 24.3. The molecule has 0 bridgehead atoms. The molecule has 0 radical (unpaired) electrons. The van der Waals surface area contributed by atoms with E-state index in [9.17, 15) is 28.8 Å². The lowest BCUT2D eigenvalue weighted by molar-refractivity contribution is -0.134. The molecule has 0 spiro atoms. The minimum Gasteiger partial charge on any atom is -0.369 e. The van der Waals surface area contributed by atoms with Gasteiger partial charge in [0.25, 0.3) is 0 Å². The lowest BCUT2D eigenvalue weighted by atomic mass is 9.63. The molecule has 0 heterocycles. The van der Waals surface area contributed by atoms with Crippen LogP contribution in [0.2, 0.25) is 0 Å². The van der Waals surface area contributed by atoms with Crippen molar-refractivity contribution in [3.63, 3.8) is 0 Å². The molecule has 16 heteroatoms. The van der Waals surface area contributed by atoms with Crippen molar-refractivity contribution in [2.75, 3.05) is 7.05 Å². The molecule has 6 unspecified atom stereocenters. The molecular formula is C52H110N10O6. The van der Waals surface area contributed by atoms with E-state index >= 15 is 0 Å². The van der Waals surface area contributed by atoms with Gasteiger partial charge in [0.15, 0.2) is 0 Å². The number of nitrogens with two attached hydrogens (primary N) is 7. The highest BCUT2D eigenvalue weighted by Gasteiger charge is 2.45. The van der Waals surface area contributed by atoms with Gasteiger partial charge in [-0.2, -0.15) is 0 Å². The van der Waals surface area contributed by atoms with Gasteiger partial charge in [-0.25, -0.2) is 11.3 Å². The van der Waals surface area contributed by atoms with Crippen molar-refractivity contribution in [2.24, 2.45) is 125 Å². The molecule has 68 heavy (non-hydrogen) atoms. The van der Waals surface area contributed by atoms with Crippen LogP contribution in [0.25, 0.3) is 0 Å². The third kappa shape index (κ3) is 28.4. The van der Waals surface area contributed by atoms with Crippen molar-refractivity contribution >= 4 is 35.4 Å². The van der Waals surface area contributed by atoms with Crippen LogP contribution < -0.4 is 56.7 Å². The van der Waals surface area contributed by atoms with Crippen LogP contribution in [0.3, 0.4) is 0 Å². The van der Waals surface area contributed by atoms with Gasteiger partial charge in [0.2, 0.25) is 35.4 Å². The summed E-state index contributed by atoms with van der Waals surface area (Å²) in [5.41, 5.74) is 28.4. The minimum atomic E-state index is -0.385. The molecule has 6 atom stereocenters. The number of hydrazine groups is 3. The molecule has 0 rings (SSSR count). The van der Waals surface area contributed by atoms with Crippen LogP contribution in [0.5, 0.6) is 0 Å². The maximum atomic E-state index is 12.6. The number of carbonyl (C=O) groups is 6. The first kappa shape index (κ1) is 71.2. The zero-order valence-electron chi connectivity index (χ0n) is 48.2. The summed E-state index contributed by atoms with van der Waals surface area (Å²) in [7, 11) is 1.68. The van der Waals surface area contributed by atoms with Crippen molar-refractivity contribution < 1.29 is 28.8 Å². The van der Waals surface area contributed by atoms with E-state index in [0.717, 1.165) is 6.42 Å². The molecule has 0 aromatic heterocycles. The highest BCUT2D eigenvalue weighted by Crippen LogP contribution is 2.47. The molecule has 404 valence electrons. The second-order valence-electron chi connectivity index (χ2n) is 28.1. The normalized spacial score (nSPS) is 15.7. The fourth-order valence-corrected chi connectivity index (χ4v) is 8.86. The molecule has 0 aromatic rings. The van der Waals surface area contributed by atoms with E-state index in [1.54, 1.807) is 7.05 Å². The molecule has 0 aromatic carbocycles. The van der Waals surface area contributed by atoms with Crippen LogP contribution in [0.1, 0.15) is 205 Å². The van der Waals surface area contributed by atoms with Crippen LogP contribution >= 0.6 is 0 Å². The van der Waals surface area contributed by atoms with Gasteiger partial charge in [0.1, 0.15) is 0 Å². The van der Waals surface area contributed by atoms with Gasteiger partial charge >= 0.3 is 0 Å². The summed E-state index contributed by atoms with van der Waals surface area (Å²) in [6, 6.07) is 0. The first-order chi connectivity index (χ1) is 29.8. The average Bonchev–Trinajstić information content (AvgIpc) is 3.10. The standard InChI is InChI=1S/C18H37N3O2.C17H35N3O2.C17H34N2O2.H4N2/c1-16(2,3)10-13(15(23)21-20-9)18(7,8)11-12(14(19)22)17(4,5)6;1-15(2,3)9-12(14(22)20-19)17(7,8)10-11(13(18)21)16(4,5)6;1-15(2,3)9-12(14(19)21)17(7,8)10-11(13(18)20)16(4,5)6;1-2/h12-13,20H,10-11H2,1-9H3,(H2,19,22)(H,21,23);11-12H,9-10,19H2,1-8H3,(H2,18,21)(H,20,22);11-12H,9-10H2,1-8H3,(H2,18,20)(H2,19,21);1-2H2. The van der Waals surface area contributed by atoms with Crippen LogP contribution in [0.4, 0.5) is 0 Å². The number of rotatable bonds is 19. The second kappa shape index (κ2) is 27.3. The van der Waals surface area contributed by atoms with E-state index in [4.69, 9.17) is 28.8 Å². The van der Waals surface area contributed by atoms with Crippen LogP contribution in [-0.4, -0.2) is 42.5 Å². The first-order valence-electron chi connectivity index (χ1n) is 24.3. The zero-order valence-corrected chi connectivity index (χ0v) is 48.2. The quantitative estimate of drug-likeness (QED) is 0.0348. The van der Waals surface area contributed by atoms with Gasteiger partial charge in [-0.3, -0.25) is 51.3 Å². The van der Waals surface area contributed by atoms with E-state index in [-0.39, 0.29) is 120 Å². The zero-order chi connectivity index (χ0) is 55.8. The van der Waals surface area contributed by atoms with E-state index in [1.165, 1.54) is 0 Å². The van der Waals surface area contributed by atoms with Gasteiger partial charge < -0.3 is 22.9 Å². The predicted octanol–water partition coefficient (Wildman–Crippen LogP) is 7.35. The van der Waals surface area contributed by atoms with Crippen LogP contribution in [0, 0.1) is 84.2 Å². The van der Waals surface area contributed by atoms with E-state index in [0.29, 0.717) is 32.1 Å². The fraction of sp³-hybridized carbons (Fsp3) is 0.885. The Kier molecular flexibility index (Phi) is 28.6. The number of hydrogen-bond acceptors (Lipinski definition) is 10. The molecule has 0 aliphatic rings. The molecule has 0 fully saturated rings. The van der Waals surface area contributed by atoms with Gasteiger partial charge in [-0.15, -0.1) is 0 Å². The SMILES string of the molecule is CC(C)(C)CC(C(=O)NN)C(C)(C)CC(C(N)=O)C(C)(C)C.CC(C)(C)CC(C(N)=O)C(C)(C)CC(C(N)=O)C(C)(C)C.CNNC(=O)C(CC(C)(C)C)C(C)(C)CC(C(N)=O)C(C)(C)C.NN. The van der Waals surface area contributed by atoms with E-state index in [2.05, 4.69) is 104 Å². The van der Waals surface area contributed by atoms with E-state index < -0.39 is 0 Å². The summed E-state index contributed by atoms with van der Waals surface area (Å²) in [5, 5.41) is 0. The Bertz CT molecular complexity index is 1580. The molecule has 0 aliphatic heterocycles. The maximum absolute atomic E-state index is 12.6. The highest BCUT2D eigenvalue weighted by molar-refractivity contribution is 5.81. The Morgan fingerprint density at radius 2 is 0.559 bits per heavy atom. The Hall–Kier alpha value is -3.34. The molecule has 0 aliphatic carbocycles. The monoisotopic (exact) mass is 971 g/mol. The van der Waals surface area contributed by atoms with Gasteiger partial charge in [-0.05, 0) is 87.3 Å². The summed E-state index contributed by atoms with van der Waals surface area (Å²) in [5.74, 6) is 10.3. The molecule has 16 nitrogen and oxygen atoms in total. The summed E-state index contributed by atoms with van der Waals surface area (Å²) in [4.78, 5) is 72.4. The Morgan fingerprint density at radius 1 is 0.353 bits per heavy atom. The molecule has 6 amide bonds. The maximum Gasteiger partial charge on any atom is 0.237 e. The summed E-state index contributed by atoms with van der Waals surface area (Å²) in [6.07, 6.45) is 3.84. The second-order valence-corrected chi connectivity index (χ2v) is 28.1. The van der Waals surface area contributed by atoms with Gasteiger partial charge in [0, 0.05) is 42.6 Å². The Morgan fingerprint density at radius 3 is 0.735 bits per heavy atom. The van der Waals surface area contributed by atoms with Crippen LogP contribution in [0.15, 0.2) is 0 Å². The van der Waals surface area contributed by atoms with Gasteiger partial charge in [0.05, 0.1) is 0 Å². The number of nitrogens with one attached hydrogen (secondary N) is 3. The van der Waals surface area contributed by atoms with Crippen LogP contribution in [-0.2, 0) is 28.8 Å². The lowest BCUT2D eigenvalue weighted by Crippen LogP contribution is -2.47. The Labute approximate surface area is 415 Å². The third-order valence-corrected chi connectivity index (χ3v) is 13.0. The van der Waals surface area contributed by atoms with Crippen molar-refractivity contribution in [3.8, 4) is 0 Å². The Balaban J connectivity index is -0.000000444. The smallest absolute Gasteiger partial charge is 0.237 e. The van der Waals surface area contributed by atoms with Crippen molar-refractivity contribution in [2.45, 2.75) is 205 Å². The minimum absolute atomic E-state index is 0.000912. The number of primary amides is 4. The average molecular weight is 972 g/mol. The third-order valence-electron chi connectivity index (χ3n) is 13.0. The molecular weight excluding hydrogens is 861 g/mol. The van der Waals surface area contributed by atoms with Crippen molar-refractivity contribution in [1.29, 1.82) is 0 Å². The van der Waals surface area contributed by atoms with E-state index in [1.807, 2.05) is 90.0 Å². The number of hydrogen-bond donors (Lipinski definition) is 10. The van der Waals surface area contributed by atoms with Crippen molar-refractivity contribution in [1.82, 2.24) is 16.3 Å². The summed E-state index contributed by atoms with van der Waals surface area (Å²) < 4.78 is 0. The number of amides is 6.